The molecule has 39 heavy (non-hydrogen) atoms. The summed E-state index contributed by atoms with van der Waals surface area (Å²) in [6, 6.07) is 20.6. The van der Waals surface area contributed by atoms with Crippen LogP contribution in [-0.2, 0) is 26.2 Å². The van der Waals surface area contributed by atoms with Crippen molar-refractivity contribution in [2.45, 2.75) is 59.0 Å². The summed E-state index contributed by atoms with van der Waals surface area (Å²) < 4.78 is 29.0. The first-order valence-electron chi connectivity index (χ1n) is 13.2. The van der Waals surface area contributed by atoms with E-state index < -0.39 is 28.5 Å². The number of sulfonamides is 1. The largest absolute Gasteiger partial charge is 0.354 e. The number of benzene rings is 3. The third-order valence-electron chi connectivity index (χ3n) is 6.43. The van der Waals surface area contributed by atoms with Gasteiger partial charge in [0.05, 0.1) is 10.6 Å². The van der Waals surface area contributed by atoms with Gasteiger partial charge in [0.1, 0.15) is 12.6 Å². The molecule has 1 unspecified atom stereocenters. The maximum absolute atomic E-state index is 14.0. The molecule has 1 atom stereocenters. The van der Waals surface area contributed by atoms with Crippen LogP contribution in [0.5, 0.6) is 0 Å². The number of anilines is 1. The van der Waals surface area contributed by atoms with E-state index in [1.165, 1.54) is 4.90 Å². The van der Waals surface area contributed by atoms with Crippen molar-refractivity contribution >= 4 is 27.5 Å². The molecule has 0 saturated heterocycles. The summed E-state index contributed by atoms with van der Waals surface area (Å²) in [5, 5.41) is 2.90. The molecule has 0 bridgehead atoms. The molecule has 0 aliphatic rings. The van der Waals surface area contributed by atoms with Crippen LogP contribution in [0.4, 0.5) is 5.69 Å². The lowest BCUT2D eigenvalue weighted by Gasteiger charge is -2.32. The second-order valence-corrected chi connectivity index (χ2v) is 12.4. The molecule has 3 aromatic rings. The Labute approximate surface area is 232 Å². The topological polar surface area (TPSA) is 86.8 Å². The van der Waals surface area contributed by atoms with Gasteiger partial charge in [-0.25, -0.2) is 8.42 Å². The maximum atomic E-state index is 14.0. The highest BCUT2D eigenvalue weighted by Crippen LogP contribution is 2.27. The molecule has 0 fully saturated rings. The van der Waals surface area contributed by atoms with E-state index in [2.05, 4.69) is 5.32 Å². The molecule has 0 heterocycles. The van der Waals surface area contributed by atoms with Gasteiger partial charge in [-0.3, -0.25) is 13.9 Å². The molecule has 0 aliphatic heterocycles. The van der Waals surface area contributed by atoms with E-state index in [9.17, 15) is 18.0 Å². The summed E-state index contributed by atoms with van der Waals surface area (Å²) >= 11 is 0. The Kier molecular flexibility index (Phi) is 9.92. The lowest BCUT2D eigenvalue weighted by atomic mass is 10.1. The fourth-order valence-corrected chi connectivity index (χ4v) is 5.67. The summed E-state index contributed by atoms with van der Waals surface area (Å²) in [5.41, 5.74) is 3.93. The minimum absolute atomic E-state index is 0.0948. The molecule has 0 aromatic heterocycles. The fraction of sp³-hybridized carbons (Fsp3) is 0.355. The van der Waals surface area contributed by atoms with E-state index in [1.54, 1.807) is 43.3 Å². The molecule has 3 rings (SSSR count). The standard InChI is InChI=1S/C31H39N3O4S/c1-22(2)19-32-31(36)26(6)33(20-27-10-8-7-9-11-27)30(35)21-34(28-17-24(4)16-25(5)18-28)39(37,38)29-14-12-23(3)13-15-29/h7-18,22,26H,19-21H2,1-6H3,(H,32,36). The van der Waals surface area contributed by atoms with E-state index >= 15 is 0 Å². The third-order valence-corrected chi connectivity index (χ3v) is 8.22. The van der Waals surface area contributed by atoms with Crippen molar-refractivity contribution < 1.29 is 18.0 Å². The number of carbonyl (C=O) groups is 2. The Morgan fingerprint density at radius 2 is 1.41 bits per heavy atom. The summed E-state index contributed by atoms with van der Waals surface area (Å²) in [7, 11) is -4.09. The molecule has 8 heteroatoms. The van der Waals surface area contributed by atoms with Crippen molar-refractivity contribution in [2.75, 3.05) is 17.4 Å². The van der Waals surface area contributed by atoms with Gasteiger partial charge in [-0.2, -0.15) is 0 Å². The number of rotatable bonds is 11. The van der Waals surface area contributed by atoms with Crippen LogP contribution in [0.2, 0.25) is 0 Å². The summed E-state index contributed by atoms with van der Waals surface area (Å²) in [5.74, 6) is -0.507. The predicted octanol–water partition coefficient (Wildman–Crippen LogP) is 5.00. The molecule has 0 saturated carbocycles. The van der Waals surface area contributed by atoms with Gasteiger partial charge in [0.25, 0.3) is 10.0 Å². The van der Waals surface area contributed by atoms with Gasteiger partial charge < -0.3 is 10.2 Å². The first-order chi connectivity index (χ1) is 18.4. The van der Waals surface area contributed by atoms with Crippen molar-refractivity contribution in [3.05, 3.63) is 95.1 Å². The molecule has 208 valence electrons. The quantitative estimate of drug-likeness (QED) is 0.365. The summed E-state index contributed by atoms with van der Waals surface area (Å²) in [4.78, 5) is 28.5. The van der Waals surface area contributed by atoms with Crippen LogP contribution in [0.1, 0.15) is 43.0 Å². The number of nitrogens with zero attached hydrogens (tertiary/aromatic N) is 2. The first kappa shape index (κ1) is 29.9. The van der Waals surface area contributed by atoms with Crippen LogP contribution < -0.4 is 9.62 Å². The van der Waals surface area contributed by atoms with E-state index in [4.69, 9.17) is 0 Å². The maximum Gasteiger partial charge on any atom is 0.264 e. The van der Waals surface area contributed by atoms with Crippen molar-refractivity contribution in [1.29, 1.82) is 0 Å². The van der Waals surface area contributed by atoms with E-state index in [-0.39, 0.29) is 23.3 Å². The number of amides is 2. The molecule has 0 spiro atoms. The Bertz CT molecular complexity index is 1370. The highest BCUT2D eigenvalue weighted by atomic mass is 32.2. The van der Waals surface area contributed by atoms with Crippen molar-refractivity contribution in [2.24, 2.45) is 5.92 Å². The highest BCUT2D eigenvalue weighted by molar-refractivity contribution is 7.92. The van der Waals surface area contributed by atoms with Crippen LogP contribution in [0.25, 0.3) is 0 Å². The lowest BCUT2D eigenvalue weighted by Crippen LogP contribution is -2.51. The van der Waals surface area contributed by atoms with Crippen LogP contribution in [0.3, 0.4) is 0 Å². The van der Waals surface area contributed by atoms with Crippen molar-refractivity contribution in [3.8, 4) is 0 Å². The zero-order valence-electron chi connectivity index (χ0n) is 23.6. The smallest absolute Gasteiger partial charge is 0.264 e. The van der Waals surface area contributed by atoms with E-state index in [0.717, 1.165) is 26.6 Å². The zero-order valence-corrected chi connectivity index (χ0v) is 24.5. The molecule has 7 nitrogen and oxygen atoms in total. The van der Waals surface area contributed by atoms with Gasteiger partial charge in [-0.15, -0.1) is 0 Å². The molecule has 3 aromatic carbocycles. The number of aryl methyl sites for hydroxylation is 3. The molecular formula is C31H39N3O4S. The van der Waals surface area contributed by atoms with Gasteiger partial charge in [0, 0.05) is 13.1 Å². The second kappa shape index (κ2) is 12.9. The molecule has 0 radical (unpaired) electrons. The SMILES string of the molecule is Cc1ccc(S(=O)(=O)N(CC(=O)N(Cc2ccccc2)C(C)C(=O)NCC(C)C)c2cc(C)cc(C)c2)cc1. The van der Waals surface area contributed by atoms with E-state index in [0.29, 0.717) is 12.2 Å². The number of hydrogen-bond acceptors (Lipinski definition) is 4. The van der Waals surface area contributed by atoms with Gasteiger partial charge in [0.2, 0.25) is 11.8 Å². The first-order valence-corrected chi connectivity index (χ1v) is 14.6. The number of hydrogen-bond donors (Lipinski definition) is 1. The Morgan fingerprint density at radius 3 is 1.97 bits per heavy atom. The van der Waals surface area contributed by atoms with Gasteiger partial charge in [-0.05, 0) is 74.6 Å². The highest BCUT2D eigenvalue weighted by Gasteiger charge is 2.32. The van der Waals surface area contributed by atoms with Gasteiger partial charge in [-0.1, -0.05) is 67.9 Å². The summed E-state index contributed by atoms with van der Waals surface area (Å²) in [6.07, 6.45) is 0. The van der Waals surface area contributed by atoms with Gasteiger partial charge >= 0.3 is 0 Å². The fourth-order valence-electron chi connectivity index (χ4n) is 4.28. The normalized spacial score (nSPS) is 12.2. The Hall–Kier alpha value is -3.65. The number of carbonyl (C=O) groups excluding carboxylic acids is 2. The Morgan fingerprint density at radius 1 is 0.821 bits per heavy atom. The van der Waals surface area contributed by atoms with E-state index in [1.807, 2.05) is 71.0 Å². The van der Waals surface area contributed by atoms with Gasteiger partial charge in [0.15, 0.2) is 0 Å². The lowest BCUT2D eigenvalue weighted by molar-refractivity contribution is -0.139. The van der Waals surface area contributed by atoms with Crippen molar-refractivity contribution in [3.63, 3.8) is 0 Å². The third kappa shape index (κ3) is 7.93. The van der Waals surface area contributed by atoms with Crippen LogP contribution in [0.15, 0.2) is 77.7 Å². The average molecular weight is 550 g/mol. The monoisotopic (exact) mass is 549 g/mol. The van der Waals surface area contributed by atoms with Crippen LogP contribution in [-0.4, -0.2) is 44.3 Å². The second-order valence-electron chi connectivity index (χ2n) is 10.5. The number of nitrogens with one attached hydrogen (secondary N) is 1. The van der Waals surface area contributed by atoms with Crippen LogP contribution in [0, 0.1) is 26.7 Å². The molecule has 2 amide bonds. The average Bonchev–Trinajstić information content (AvgIpc) is 2.88. The van der Waals surface area contributed by atoms with Crippen molar-refractivity contribution in [1.82, 2.24) is 10.2 Å². The minimum Gasteiger partial charge on any atom is -0.354 e. The molecule has 1 N–H and O–H groups in total. The Balaban J connectivity index is 2.03. The molecular weight excluding hydrogens is 510 g/mol. The van der Waals surface area contributed by atoms with Crippen LogP contribution >= 0.6 is 0 Å². The predicted molar refractivity (Wildman–Crippen MR) is 156 cm³/mol. The molecule has 0 aliphatic carbocycles. The zero-order chi connectivity index (χ0) is 28.7. The minimum atomic E-state index is -4.09. The summed E-state index contributed by atoms with van der Waals surface area (Å²) in [6.45, 7) is 11.5.